The molecule has 0 unspecified atom stereocenters. The second-order valence-electron chi connectivity index (χ2n) is 4.25. The predicted octanol–water partition coefficient (Wildman–Crippen LogP) is 0.773. The molecule has 0 aliphatic carbocycles. The van der Waals surface area contributed by atoms with E-state index in [4.69, 9.17) is 4.74 Å². The number of hydrogen-bond acceptors (Lipinski definition) is 5. The van der Waals surface area contributed by atoms with Crippen LogP contribution in [0, 0.1) is 13.8 Å². The number of ether oxygens (including phenoxy) is 1. The number of ketones is 1. The molecule has 1 aromatic rings. The molecule has 6 nitrogen and oxygen atoms in total. The minimum Gasteiger partial charge on any atom is -0.466 e. The highest BCUT2D eigenvalue weighted by molar-refractivity contribution is 5.82. The van der Waals surface area contributed by atoms with Crippen molar-refractivity contribution in [2.75, 3.05) is 6.61 Å². The standard InChI is InChI=1S/C13H18N2O4/c1-4-19-12(17)6-5-11(16)8-15-10(3)7-9(2)14-13(15)18/h7H,4-6,8H2,1-3H3. The Balaban J connectivity index is 2.63. The smallest absolute Gasteiger partial charge is 0.348 e. The topological polar surface area (TPSA) is 78.3 Å². The summed E-state index contributed by atoms with van der Waals surface area (Å²) in [5.74, 6) is -0.592. The van der Waals surface area contributed by atoms with Crippen LogP contribution in [0.2, 0.25) is 0 Å². The molecular weight excluding hydrogens is 248 g/mol. The van der Waals surface area contributed by atoms with Crippen molar-refractivity contribution >= 4 is 11.8 Å². The van der Waals surface area contributed by atoms with Crippen LogP contribution in [0.4, 0.5) is 0 Å². The summed E-state index contributed by atoms with van der Waals surface area (Å²) in [6, 6.07) is 1.74. The van der Waals surface area contributed by atoms with Crippen molar-refractivity contribution in [2.45, 2.75) is 40.2 Å². The zero-order valence-corrected chi connectivity index (χ0v) is 11.4. The van der Waals surface area contributed by atoms with Gasteiger partial charge in [-0.15, -0.1) is 0 Å². The molecular formula is C13H18N2O4. The van der Waals surface area contributed by atoms with E-state index in [9.17, 15) is 14.4 Å². The van der Waals surface area contributed by atoms with Crippen molar-refractivity contribution < 1.29 is 14.3 Å². The summed E-state index contributed by atoms with van der Waals surface area (Å²) in [6.45, 7) is 5.42. The number of aryl methyl sites for hydroxylation is 2. The summed E-state index contributed by atoms with van der Waals surface area (Å²) in [5, 5.41) is 0. The summed E-state index contributed by atoms with van der Waals surface area (Å²) in [4.78, 5) is 38.3. The van der Waals surface area contributed by atoms with Gasteiger partial charge in [0, 0.05) is 17.8 Å². The van der Waals surface area contributed by atoms with Crippen molar-refractivity contribution in [1.29, 1.82) is 0 Å². The van der Waals surface area contributed by atoms with Crippen molar-refractivity contribution in [3.8, 4) is 0 Å². The average molecular weight is 266 g/mol. The van der Waals surface area contributed by atoms with Gasteiger partial charge in [-0.05, 0) is 26.8 Å². The minimum absolute atomic E-state index is 0.0414. The molecule has 0 fully saturated rings. The van der Waals surface area contributed by atoms with Gasteiger partial charge in [0.15, 0.2) is 5.78 Å². The largest absolute Gasteiger partial charge is 0.466 e. The normalized spacial score (nSPS) is 10.3. The van der Waals surface area contributed by atoms with Gasteiger partial charge in [0.25, 0.3) is 0 Å². The highest BCUT2D eigenvalue weighted by Gasteiger charge is 2.11. The maximum atomic E-state index is 11.7. The van der Waals surface area contributed by atoms with Crippen molar-refractivity contribution in [2.24, 2.45) is 0 Å². The number of rotatable bonds is 6. The first-order chi connectivity index (χ1) is 8.93. The lowest BCUT2D eigenvalue weighted by atomic mass is 10.2. The second-order valence-corrected chi connectivity index (χ2v) is 4.25. The van der Waals surface area contributed by atoms with Gasteiger partial charge < -0.3 is 4.74 Å². The first-order valence-electron chi connectivity index (χ1n) is 6.16. The molecule has 0 atom stereocenters. The van der Waals surface area contributed by atoms with E-state index in [2.05, 4.69) is 4.98 Å². The first kappa shape index (κ1) is 15.1. The summed E-state index contributed by atoms with van der Waals surface area (Å²) < 4.78 is 6.04. The van der Waals surface area contributed by atoms with E-state index in [0.717, 1.165) is 0 Å². The lowest BCUT2D eigenvalue weighted by Crippen LogP contribution is -2.29. The number of Topliss-reactive ketones (excluding diaryl/α,β-unsaturated/α-hetero) is 1. The molecule has 0 N–H and O–H groups in total. The molecule has 0 amide bonds. The Hall–Kier alpha value is -1.98. The van der Waals surface area contributed by atoms with Crippen LogP contribution in [-0.4, -0.2) is 27.9 Å². The third kappa shape index (κ3) is 4.65. The SMILES string of the molecule is CCOC(=O)CCC(=O)Cn1c(C)cc(C)nc1=O. The number of aromatic nitrogens is 2. The van der Waals surface area contributed by atoms with E-state index in [1.165, 1.54) is 4.57 Å². The zero-order chi connectivity index (χ0) is 14.4. The fraction of sp³-hybridized carbons (Fsp3) is 0.538. The maximum absolute atomic E-state index is 11.7. The predicted molar refractivity (Wildman–Crippen MR) is 68.8 cm³/mol. The highest BCUT2D eigenvalue weighted by Crippen LogP contribution is 2.00. The molecule has 0 spiro atoms. The lowest BCUT2D eigenvalue weighted by Gasteiger charge is -2.08. The van der Waals surface area contributed by atoms with Gasteiger partial charge in [0.05, 0.1) is 19.6 Å². The van der Waals surface area contributed by atoms with E-state index < -0.39 is 11.7 Å². The van der Waals surface area contributed by atoms with Crippen LogP contribution >= 0.6 is 0 Å². The maximum Gasteiger partial charge on any atom is 0.348 e. The van der Waals surface area contributed by atoms with Gasteiger partial charge in [-0.2, -0.15) is 4.98 Å². The van der Waals surface area contributed by atoms with Crippen LogP contribution in [-0.2, 0) is 20.9 Å². The number of nitrogens with zero attached hydrogens (tertiary/aromatic N) is 2. The summed E-state index contributed by atoms with van der Waals surface area (Å²) in [7, 11) is 0. The Morgan fingerprint density at radius 2 is 2.00 bits per heavy atom. The Bertz CT molecular complexity index is 534. The van der Waals surface area contributed by atoms with E-state index in [1.54, 1.807) is 26.8 Å². The van der Waals surface area contributed by atoms with Crippen LogP contribution in [0.15, 0.2) is 10.9 Å². The van der Waals surface area contributed by atoms with Crippen LogP contribution in [0.5, 0.6) is 0 Å². The van der Waals surface area contributed by atoms with Crippen LogP contribution < -0.4 is 5.69 Å². The third-order valence-electron chi connectivity index (χ3n) is 2.59. The molecule has 0 saturated heterocycles. The molecule has 1 heterocycles. The van der Waals surface area contributed by atoms with Crippen molar-refractivity contribution in [3.05, 3.63) is 27.9 Å². The van der Waals surface area contributed by atoms with Crippen LogP contribution in [0.25, 0.3) is 0 Å². The van der Waals surface area contributed by atoms with E-state index in [-0.39, 0.29) is 25.2 Å². The molecule has 19 heavy (non-hydrogen) atoms. The van der Waals surface area contributed by atoms with Gasteiger partial charge in [-0.25, -0.2) is 4.79 Å². The molecule has 0 saturated carbocycles. The van der Waals surface area contributed by atoms with Gasteiger partial charge in [0.2, 0.25) is 0 Å². The van der Waals surface area contributed by atoms with E-state index >= 15 is 0 Å². The fourth-order valence-corrected chi connectivity index (χ4v) is 1.70. The molecule has 1 rings (SSSR count). The summed E-state index contributed by atoms with van der Waals surface area (Å²) in [6.07, 6.45) is 0.109. The van der Waals surface area contributed by atoms with Crippen molar-refractivity contribution in [1.82, 2.24) is 9.55 Å². The van der Waals surface area contributed by atoms with Gasteiger partial charge in [-0.3, -0.25) is 14.2 Å². The fourth-order valence-electron chi connectivity index (χ4n) is 1.70. The average Bonchev–Trinajstić information content (AvgIpc) is 2.31. The zero-order valence-electron chi connectivity index (χ0n) is 11.4. The molecule has 0 aliphatic rings. The Morgan fingerprint density at radius 1 is 1.32 bits per heavy atom. The molecule has 1 aromatic heterocycles. The number of hydrogen-bond donors (Lipinski definition) is 0. The number of carbonyl (C=O) groups is 2. The molecule has 6 heteroatoms. The van der Waals surface area contributed by atoms with E-state index in [1.807, 2.05) is 0 Å². The van der Waals surface area contributed by atoms with E-state index in [0.29, 0.717) is 18.0 Å². The monoisotopic (exact) mass is 266 g/mol. The van der Waals surface area contributed by atoms with Gasteiger partial charge in [-0.1, -0.05) is 0 Å². The van der Waals surface area contributed by atoms with Crippen LogP contribution in [0.1, 0.15) is 31.2 Å². The summed E-state index contributed by atoms with van der Waals surface area (Å²) >= 11 is 0. The van der Waals surface area contributed by atoms with Crippen molar-refractivity contribution in [3.63, 3.8) is 0 Å². The number of carbonyl (C=O) groups excluding carboxylic acids is 2. The van der Waals surface area contributed by atoms with Crippen LogP contribution in [0.3, 0.4) is 0 Å². The Morgan fingerprint density at radius 3 is 2.58 bits per heavy atom. The second kappa shape index (κ2) is 6.82. The molecule has 104 valence electrons. The Labute approximate surface area is 111 Å². The third-order valence-corrected chi connectivity index (χ3v) is 2.59. The first-order valence-corrected chi connectivity index (χ1v) is 6.16. The quantitative estimate of drug-likeness (QED) is 0.711. The Kier molecular flexibility index (Phi) is 5.41. The minimum atomic E-state index is -0.443. The molecule has 0 radical (unpaired) electrons. The molecule has 0 aliphatic heterocycles. The van der Waals surface area contributed by atoms with Gasteiger partial charge >= 0.3 is 11.7 Å². The lowest BCUT2D eigenvalue weighted by molar-refractivity contribution is -0.144. The van der Waals surface area contributed by atoms with Gasteiger partial charge in [0.1, 0.15) is 0 Å². The molecule has 0 bridgehead atoms. The summed E-state index contributed by atoms with van der Waals surface area (Å²) in [5.41, 5.74) is 0.863. The highest BCUT2D eigenvalue weighted by atomic mass is 16.5. The molecule has 0 aromatic carbocycles. The number of esters is 1.